The number of hydrogen-bond donors (Lipinski definition) is 1. The second kappa shape index (κ2) is 6.33. The number of halogens is 1. The molecule has 1 aliphatic heterocycles. The van der Waals surface area contributed by atoms with Gasteiger partial charge in [-0.1, -0.05) is 23.7 Å². The van der Waals surface area contributed by atoms with E-state index in [9.17, 15) is 8.42 Å². The maximum absolute atomic E-state index is 12.7. The summed E-state index contributed by atoms with van der Waals surface area (Å²) in [6.45, 7) is 3.94. The topological polar surface area (TPSA) is 58.6 Å². The van der Waals surface area contributed by atoms with Gasteiger partial charge in [0.05, 0.1) is 23.5 Å². The fourth-order valence-corrected chi connectivity index (χ4v) is 4.47. The molecule has 1 aliphatic carbocycles. The molecule has 128 valence electrons. The summed E-state index contributed by atoms with van der Waals surface area (Å²) in [7, 11) is -1.37. The molecule has 0 amide bonds. The number of benzene rings is 1. The minimum atomic E-state index is -3.39. The Balaban J connectivity index is 1.88. The fourth-order valence-electron chi connectivity index (χ4n) is 2.80. The van der Waals surface area contributed by atoms with Gasteiger partial charge in [0, 0.05) is 18.1 Å². The van der Waals surface area contributed by atoms with E-state index in [1.54, 1.807) is 19.1 Å². The van der Waals surface area contributed by atoms with Crippen LogP contribution in [0.15, 0.2) is 24.3 Å². The smallest absolute Gasteiger partial charge is 0.217 e. The molecule has 2 atom stereocenters. The minimum absolute atomic E-state index is 0.216. The van der Waals surface area contributed by atoms with Crippen LogP contribution in [0.4, 0.5) is 0 Å². The van der Waals surface area contributed by atoms with Crippen LogP contribution in [-0.2, 0) is 14.8 Å². The summed E-state index contributed by atoms with van der Waals surface area (Å²) < 4.78 is 33.5. The second-order valence-corrected chi connectivity index (χ2v) is 9.44. The molecule has 0 bridgehead atoms. The predicted molar refractivity (Wildman–Crippen MR) is 91.1 cm³/mol. The molecule has 1 saturated heterocycles. The predicted octanol–water partition coefficient (Wildman–Crippen LogP) is 2.18. The standard InChI is InChI=1S/C16H23ClN2O3S/c1-16(7-8-16)23(20,21)18-15(12-3-5-13(17)6-4-12)14-11-19(2)9-10-22-14/h3-6,14-15,18H,7-11H2,1-2H3. The van der Waals surface area contributed by atoms with Gasteiger partial charge in [-0.15, -0.1) is 0 Å². The summed E-state index contributed by atoms with van der Waals surface area (Å²) in [4.78, 5) is 2.16. The maximum atomic E-state index is 12.7. The van der Waals surface area contributed by atoms with Crippen molar-refractivity contribution in [3.8, 4) is 0 Å². The van der Waals surface area contributed by atoms with Gasteiger partial charge < -0.3 is 9.64 Å². The van der Waals surface area contributed by atoms with Crippen molar-refractivity contribution >= 4 is 21.6 Å². The number of nitrogens with one attached hydrogen (secondary N) is 1. The highest BCUT2D eigenvalue weighted by Crippen LogP contribution is 2.43. The van der Waals surface area contributed by atoms with E-state index in [1.807, 2.05) is 19.2 Å². The molecule has 0 spiro atoms. The number of sulfonamides is 1. The third-order valence-electron chi connectivity index (χ3n) is 4.78. The summed E-state index contributed by atoms with van der Waals surface area (Å²) in [5, 5.41) is 0.631. The fraction of sp³-hybridized carbons (Fsp3) is 0.625. The van der Waals surface area contributed by atoms with E-state index in [-0.39, 0.29) is 6.10 Å². The lowest BCUT2D eigenvalue weighted by molar-refractivity contribution is -0.0355. The van der Waals surface area contributed by atoms with Gasteiger partial charge in [-0.3, -0.25) is 0 Å². The summed E-state index contributed by atoms with van der Waals surface area (Å²) in [5.74, 6) is 0. The molecule has 2 aliphatic rings. The van der Waals surface area contributed by atoms with E-state index in [0.717, 1.165) is 12.1 Å². The number of hydrogen-bond acceptors (Lipinski definition) is 4. The summed E-state index contributed by atoms with van der Waals surface area (Å²) in [5.41, 5.74) is 0.877. The second-order valence-electron chi connectivity index (χ2n) is 6.77. The normalized spacial score (nSPS) is 26.0. The molecule has 1 aromatic carbocycles. The first-order valence-electron chi connectivity index (χ1n) is 7.88. The summed E-state index contributed by atoms with van der Waals surface area (Å²) in [6.07, 6.45) is 1.20. The number of ether oxygens (including phenoxy) is 1. The van der Waals surface area contributed by atoms with Crippen molar-refractivity contribution < 1.29 is 13.2 Å². The van der Waals surface area contributed by atoms with Crippen molar-refractivity contribution in [3.05, 3.63) is 34.9 Å². The van der Waals surface area contributed by atoms with Gasteiger partial charge in [0.2, 0.25) is 10.0 Å². The number of morpholine rings is 1. The lowest BCUT2D eigenvalue weighted by Crippen LogP contribution is -2.49. The lowest BCUT2D eigenvalue weighted by atomic mass is 10.0. The molecule has 3 rings (SSSR count). The molecule has 0 aromatic heterocycles. The monoisotopic (exact) mass is 358 g/mol. The Morgan fingerprint density at radius 2 is 2.00 bits per heavy atom. The highest BCUT2D eigenvalue weighted by atomic mass is 35.5. The van der Waals surface area contributed by atoms with Crippen molar-refractivity contribution in [1.29, 1.82) is 0 Å². The average molecular weight is 359 g/mol. The Bertz CT molecular complexity index is 658. The van der Waals surface area contributed by atoms with Crippen LogP contribution in [0.5, 0.6) is 0 Å². The highest BCUT2D eigenvalue weighted by molar-refractivity contribution is 7.91. The van der Waals surface area contributed by atoms with Crippen LogP contribution in [0.3, 0.4) is 0 Å². The quantitative estimate of drug-likeness (QED) is 0.876. The van der Waals surface area contributed by atoms with Gasteiger partial charge in [-0.25, -0.2) is 13.1 Å². The first-order chi connectivity index (χ1) is 10.8. The molecule has 0 radical (unpaired) electrons. The van der Waals surface area contributed by atoms with Crippen LogP contribution in [0.2, 0.25) is 5.02 Å². The van der Waals surface area contributed by atoms with E-state index in [0.29, 0.717) is 31.0 Å². The van der Waals surface area contributed by atoms with E-state index < -0.39 is 20.8 Å². The van der Waals surface area contributed by atoms with Gasteiger partial charge in [-0.05, 0) is 44.5 Å². The van der Waals surface area contributed by atoms with Crippen molar-refractivity contribution in [2.75, 3.05) is 26.7 Å². The van der Waals surface area contributed by atoms with Gasteiger partial charge >= 0.3 is 0 Å². The summed E-state index contributed by atoms with van der Waals surface area (Å²) >= 11 is 5.96. The molecular formula is C16H23ClN2O3S. The Hall–Kier alpha value is -0.660. The van der Waals surface area contributed by atoms with Crippen LogP contribution in [0.1, 0.15) is 31.4 Å². The van der Waals surface area contributed by atoms with Gasteiger partial charge in [0.1, 0.15) is 0 Å². The molecule has 23 heavy (non-hydrogen) atoms. The van der Waals surface area contributed by atoms with E-state index in [4.69, 9.17) is 16.3 Å². The van der Waals surface area contributed by atoms with E-state index in [1.165, 1.54) is 0 Å². The van der Waals surface area contributed by atoms with Crippen LogP contribution < -0.4 is 4.72 Å². The molecule has 7 heteroatoms. The lowest BCUT2D eigenvalue weighted by Gasteiger charge is -2.36. The summed E-state index contributed by atoms with van der Waals surface area (Å²) in [6, 6.07) is 6.89. The SMILES string of the molecule is CN1CCOC(C(NS(=O)(=O)C2(C)CC2)c2ccc(Cl)cc2)C1. The van der Waals surface area contributed by atoms with Crippen LogP contribution in [-0.4, -0.2) is 50.9 Å². The zero-order valence-electron chi connectivity index (χ0n) is 13.5. The van der Waals surface area contributed by atoms with Crippen LogP contribution >= 0.6 is 11.6 Å². The molecular weight excluding hydrogens is 336 g/mol. The average Bonchev–Trinajstić information content (AvgIpc) is 3.26. The van der Waals surface area contributed by atoms with Gasteiger partial charge in [-0.2, -0.15) is 0 Å². The molecule has 1 N–H and O–H groups in total. The first kappa shape index (κ1) is 17.2. The molecule has 2 unspecified atom stereocenters. The molecule has 2 fully saturated rings. The van der Waals surface area contributed by atoms with E-state index in [2.05, 4.69) is 9.62 Å². The van der Waals surface area contributed by atoms with Crippen LogP contribution in [0, 0.1) is 0 Å². The number of rotatable bonds is 5. The number of nitrogens with zero attached hydrogens (tertiary/aromatic N) is 1. The highest BCUT2D eigenvalue weighted by Gasteiger charge is 2.51. The van der Waals surface area contributed by atoms with Crippen molar-refractivity contribution in [2.24, 2.45) is 0 Å². The van der Waals surface area contributed by atoms with Crippen LogP contribution in [0.25, 0.3) is 0 Å². The number of likely N-dealkylation sites (N-methyl/N-ethyl adjacent to an activating group) is 1. The largest absolute Gasteiger partial charge is 0.374 e. The van der Waals surface area contributed by atoms with Crippen molar-refractivity contribution in [1.82, 2.24) is 9.62 Å². The zero-order chi connectivity index (χ0) is 16.7. The molecule has 1 aromatic rings. The molecule has 1 heterocycles. The molecule has 1 saturated carbocycles. The Labute approximate surface area is 143 Å². The molecule has 5 nitrogen and oxygen atoms in total. The zero-order valence-corrected chi connectivity index (χ0v) is 15.0. The Morgan fingerprint density at radius 3 is 2.57 bits per heavy atom. The third-order valence-corrected chi connectivity index (χ3v) is 7.30. The van der Waals surface area contributed by atoms with Crippen molar-refractivity contribution in [3.63, 3.8) is 0 Å². The minimum Gasteiger partial charge on any atom is -0.374 e. The third kappa shape index (κ3) is 3.72. The van der Waals surface area contributed by atoms with Gasteiger partial charge in [0.25, 0.3) is 0 Å². The Morgan fingerprint density at radius 1 is 1.35 bits per heavy atom. The van der Waals surface area contributed by atoms with Crippen molar-refractivity contribution in [2.45, 2.75) is 36.7 Å². The first-order valence-corrected chi connectivity index (χ1v) is 9.74. The Kier molecular flexibility index (Phi) is 4.73. The maximum Gasteiger partial charge on any atom is 0.217 e. The van der Waals surface area contributed by atoms with E-state index >= 15 is 0 Å². The van der Waals surface area contributed by atoms with Gasteiger partial charge in [0.15, 0.2) is 0 Å².